The molecule has 2 rings (SSSR count). The van der Waals surface area contributed by atoms with Gasteiger partial charge in [0.1, 0.15) is 0 Å². The molecule has 1 heterocycles. The molecule has 0 saturated heterocycles. The van der Waals surface area contributed by atoms with Crippen LogP contribution in [0.15, 0.2) is 22.7 Å². The molecule has 0 fully saturated rings. The summed E-state index contributed by atoms with van der Waals surface area (Å²) in [5.74, 6) is 0. The van der Waals surface area contributed by atoms with Gasteiger partial charge in [-0.3, -0.25) is 4.98 Å². The molecular formula is C12H13BrN2. The average Bonchev–Trinajstić information content (AvgIpc) is 2.18. The number of benzene rings is 1. The summed E-state index contributed by atoms with van der Waals surface area (Å²) in [5.41, 5.74) is 4.43. The van der Waals surface area contributed by atoms with Crippen LogP contribution in [-0.2, 0) is 0 Å². The highest BCUT2D eigenvalue weighted by Gasteiger charge is 2.06. The van der Waals surface area contributed by atoms with Crippen molar-refractivity contribution in [2.24, 2.45) is 0 Å². The summed E-state index contributed by atoms with van der Waals surface area (Å²) in [6.07, 6.45) is 0. The van der Waals surface area contributed by atoms with Gasteiger partial charge in [0, 0.05) is 28.3 Å². The summed E-state index contributed by atoms with van der Waals surface area (Å²) < 4.78 is 1.09. The highest BCUT2D eigenvalue weighted by atomic mass is 79.9. The van der Waals surface area contributed by atoms with Crippen LogP contribution in [0.4, 0.5) is 5.69 Å². The SMILES string of the molecule is CNc1cc(C)nc2c(C)cc(Br)cc12. The standard InChI is InChI=1S/C12H13BrN2/c1-7-4-9(13)6-10-11(14-3)5-8(2)15-12(7)10/h4-6H,1-3H3,(H,14,15). The van der Waals surface area contributed by atoms with E-state index in [1.54, 1.807) is 0 Å². The Kier molecular flexibility index (Phi) is 2.65. The minimum absolute atomic E-state index is 1.04. The highest BCUT2D eigenvalue weighted by Crippen LogP contribution is 2.28. The second-order valence-electron chi connectivity index (χ2n) is 3.68. The number of fused-ring (bicyclic) bond motifs is 1. The molecule has 0 atom stereocenters. The largest absolute Gasteiger partial charge is 0.388 e. The van der Waals surface area contributed by atoms with E-state index in [0.29, 0.717) is 0 Å². The Bertz CT molecular complexity index is 521. The second kappa shape index (κ2) is 3.81. The van der Waals surface area contributed by atoms with Crippen molar-refractivity contribution >= 4 is 32.5 Å². The third-order valence-electron chi connectivity index (χ3n) is 2.47. The molecule has 1 aromatic heterocycles. The number of aryl methyl sites for hydroxylation is 2. The van der Waals surface area contributed by atoms with Gasteiger partial charge in [-0.2, -0.15) is 0 Å². The third-order valence-corrected chi connectivity index (χ3v) is 2.92. The van der Waals surface area contributed by atoms with Crippen LogP contribution in [-0.4, -0.2) is 12.0 Å². The van der Waals surface area contributed by atoms with Gasteiger partial charge in [0.25, 0.3) is 0 Å². The summed E-state index contributed by atoms with van der Waals surface area (Å²) in [7, 11) is 1.93. The fourth-order valence-corrected chi connectivity index (χ4v) is 2.36. The third kappa shape index (κ3) is 1.84. The second-order valence-corrected chi connectivity index (χ2v) is 4.60. The number of hydrogen-bond acceptors (Lipinski definition) is 2. The highest BCUT2D eigenvalue weighted by molar-refractivity contribution is 9.10. The van der Waals surface area contributed by atoms with Crippen LogP contribution in [0.5, 0.6) is 0 Å². The van der Waals surface area contributed by atoms with E-state index in [-0.39, 0.29) is 0 Å². The molecule has 15 heavy (non-hydrogen) atoms. The fourth-order valence-electron chi connectivity index (χ4n) is 1.79. The lowest BCUT2D eigenvalue weighted by molar-refractivity contribution is 1.24. The van der Waals surface area contributed by atoms with Crippen molar-refractivity contribution in [2.75, 3.05) is 12.4 Å². The first-order chi connectivity index (χ1) is 7.11. The minimum atomic E-state index is 1.04. The van der Waals surface area contributed by atoms with Gasteiger partial charge in [-0.15, -0.1) is 0 Å². The van der Waals surface area contributed by atoms with Crippen LogP contribution in [0, 0.1) is 13.8 Å². The van der Waals surface area contributed by atoms with Gasteiger partial charge >= 0.3 is 0 Å². The molecule has 0 spiro atoms. The van der Waals surface area contributed by atoms with Crippen molar-refractivity contribution in [2.45, 2.75) is 13.8 Å². The summed E-state index contributed by atoms with van der Waals surface area (Å²) in [6, 6.07) is 6.25. The maximum atomic E-state index is 4.56. The molecule has 0 saturated carbocycles. The Hall–Kier alpha value is -1.09. The van der Waals surface area contributed by atoms with Crippen molar-refractivity contribution in [3.63, 3.8) is 0 Å². The van der Waals surface area contributed by atoms with Crippen molar-refractivity contribution < 1.29 is 0 Å². The Morgan fingerprint density at radius 3 is 2.60 bits per heavy atom. The van der Waals surface area contributed by atoms with E-state index in [2.05, 4.69) is 51.4 Å². The van der Waals surface area contributed by atoms with E-state index in [0.717, 1.165) is 26.8 Å². The number of hydrogen-bond donors (Lipinski definition) is 1. The van der Waals surface area contributed by atoms with Crippen LogP contribution in [0.3, 0.4) is 0 Å². The lowest BCUT2D eigenvalue weighted by Crippen LogP contribution is -1.95. The molecule has 0 aliphatic heterocycles. The van der Waals surface area contributed by atoms with Crippen molar-refractivity contribution in [3.05, 3.63) is 33.9 Å². The summed E-state index contributed by atoms with van der Waals surface area (Å²) in [6.45, 7) is 4.10. The molecule has 1 aromatic carbocycles. The van der Waals surface area contributed by atoms with E-state index in [1.165, 1.54) is 5.56 Å². The number of aromatic nitrogens is 1. The van der Waals surface area contributed by atoms with E-state index in [9.17, 15) is 0 Å². The molecule has 2 aromatic rings. The first-order valence-corrected chi connectivity index (χ1v) is 5.66. The van der Waals surface area contributed by atoms with Gasteiger partial charge in [-0.25, -0.2) is 0 Å². The lowest BCUT2D eigenvalue weighted by Gasteiger charge is -2.09. The van der Waals surface area contributed by atoms with Gasteiger partial charge in [0.2, 0.25) is 0 Å². The van der Waals surface area contributed by atoms with E-state index >= 15 is 0 Å². The monoisotopic (exact) mass is 264 g/mol. The zero-order chi connectivity index (χ0) is 11.0. The van der Waals surface area contributed by atoms with Gasteiger partial charge in [0.05, 0.1) is 5.52 Å². The Morgan fingerprint density at radius 1 is 1.20 bits per heavy atom. The summed E-state index contributed by atoms with van der Waals surface area (Å²) >= 11 is 3.51. The molecule has 0 amide bonds. The number of anilines is 1. The molecular weight excluding hydrogens is 252 g/mol. The maximum Gasteiger partial charge on any atom is 0.0755 e. The maximum absolute atomic E-state index is 4.56. The molecule has 0 radical (unpaired) electrons. The first kappa shape index (κ1) is 10.4. The van der Waals surface area contributed by atoms with Crippen LogP contribution >= 0.6 is 15.9 Å². The molecule has 0 bridgehead atoms. The normalized spacial score (nSPS) is 10.7. The number of halogens is 1. The van der Waals surface area contributed by atoms with Crippen molar-refractivity contribution in [1.82, 2.24) is 4.98 Å². The smallest absolute Gasteiger partial charge is 0.0755 e. The number of rotatable bonds is 1. The van der Waals surface area contributed by atoms with Crippen LogP contribution in [0.25, 0.3) is 10.9 Å². The molecule has 0 aliphatic rings. The van der Waals surface area contributed by atoms with E-state index in [1.807, 2.05) is 14.0 Å². The summed E-state index contributed by atoms with van der Waals surface area (Å²) in [5, 5.41) is 4.37. The lowest BCUT2D eigenvalue weighted by atomic mass is 10.1. The Morgan fingerprint density at radius 2 is 1.93 bits per heavy atom. The van der Waals surface area contributed by atoms with Crippen molar-refractivity contribution in [1.29, 1.82) is 0 Å². The van der Waals surface area contributed by atoms with Gasteiger partial charge in [0.15, 0.2) is 0 Å². The molecule has 0 unspecified atom stereocenters. The Labute approximate surface area is 97.8 Å². The van der Waals surface area contributed by atoms with Crippen LogP contribution < -0.4 is 5.32 Å². The molecule has 78 valence electrons. The molecule has 2 nitrogen and oxygen atoms in total. The molecule has 0 aliphatic carbocycles. The van der Waals surface area contributed by atoms with Crippen molar-refractivity contribution in [3.8, 4) is 0 Å². The average molecular weight is 265 g/mol. The predicted molar refractivity (Wildman–Crippen MR) is 68.5 cm³/mol. The van der Waals surface area contributed by atoms with E-state index < -0.39 is 0 Å². The van der Waals surface area contributed by atoms with Gasteiger partial charge < -0.3 is 5.32 Å². The number of pyridine rings is 1. The zero-order valence-corrected chi connectivity index (χ0v) is 10.6. The van der Waals surface area contributed by atoms with Gasteiger partial charge in [-0.05, 0) is 37.6 Å². The molecule has 1 N–H and O–H groups in total. The minimum Gasteiger partial charge on any atom is -0.388 e. The van der Waals surface area contributed by atoms with Crippen LogP contribution in [0.1, 0.15) is 11.3 Å². The topological polar surface area (TPSA) is 24.9 Å². The summed E-state index contributed by atoms with van der Waals surface area (Å²) in [4.78, 5) is 4.56. The van der Waals surface area contributed by atoms with E-state index in [4.69, 9.17) is 0 Å². The zero-order valence-electron chi connectivity index (χ0n) is 9.06. The van der Waals surface area contributed by atoms with Gasteiger partial charge in [-0.1, -0.05) is 15.9 Å². The quantitative estimate of drug-likeness (QED) is 0.851. The first-order valence-electron chi connectivity index (χ1n) is 4.87. The van der Waals surface area contributed by atoms with Crippen LogP contribution in [0.2, 0.25) is 0 Å². The molecule has 3 heteroatoms. The predicted octanol–water partition coefficient (Wildman–Crippen LogP) is 3.66. The Balaban J connectivity index is 2.89. The number of nitrogens with one attached hydrogen (secondary N) is 1. The fraction of sp³-hybridized carbons (Fsp3) is 0.250. The number of nitrogens with zero attached hydrogens (tertiary/aromatic N) is 1.